The van der Waals surface area contributed by atoms with Crippen LogP contribution in [0.3, 0.4) is 0 Å². The normalized spacial score (nSPS) is 18.2. The maximum atomic E-state index is 6.49. The Balaban J connectivity index is 2.01. The van der Waals surface area contributed by atoms with E-state index in [1.54, 1.807) is 5.20 Å². The maximum absolute atomic E-state index is 6.49. The molecule has 1 unspecified atom stereocenters. The van der Waals surface area contributed by atoms with Gasteiger partial charge in [0.05, 0.1) is 13.3 Å². The van der Waals surface area contributed by atoms with Crippen molar-refractivity contribution < 1.29 is 4.74 Å². The molecule has 1 atom stereocenters. The fraction of sp³-hybridized carbons (Fsp3) is 0.385. The fourth-order valence-electron chi connectivity index (χ4n) is 4.91. The smallest absolute Gasteiger partial charge is 0.118 e. The Bertz CT molecular complexity index is 1230. The van der Waals surface area contributed by atoms with Crippen LogP contribution in [-0.2, 0) is 0 Å². The molecule has 0 N–H and O–H groups in total. The molecular weight excluding hydrogens is 449 g/mol. The number of rotatable bonds is 6. The van der Waals surface area contributed by atoms with Crippen molar-refractivity contribution in [1.82, 2.24) is 0 Å². The van der Waals surface area contributed by atoms with Crippen LogP contribution >= 0.6 is 23.1 Å². The van der Waals surface area contributed by atoms with E-state index in [1.807, 2.05) is 17.4 Å². The van der Waals surface area contributed by atoms with Gasteiger partial charge >= 0.3 is 0 Å². The molecule has 164 valence electrons. The molecule has 1 aliphatic heterocycles. The number of hydrogen-bond donors (Lipinski definition) is 0. The lowest BCUT2D eigenvalue weighted by molar-refractivity contribution is 0.368. The van der Waals surface area contributed by atoms with Gasteiger partial charge in [-0.2, -0.15) is 0 Å². The third-order valence-electron chi connectivity index (χ3n) is 6.35. The summed E-state index contributed by atoms with van der Waals surface area (Å²) in [6.07, 6.45) is 4.30. The van der Waals surface area contributed by atoms with Crippen LogP contribution in [0.4, 0.5) is 0 Å². The van der Waals surface area contributed by atoms with E-state index in [4.69, 9.17) is 4.74 Å². The van der Waals surface area contributed by atoms with E-state index < -0.39 is 16.1 Å². The Kier molecular flexibility index (Phi) is 5.87. The van der Waals surface area contributed by atoms with Gasteiger partial charge in [0.2, 0.25) is 0 Å². The molecule has 0 fully saturated rings. The topological polar surface area (TPSA) is 9.23 Å². The second-order valence-corrected chi connectivity index (χ2v) is 22.4. The molecule has 1 nitrogen and oxygen atoms in total. The van der Waals surface area contributed by atoms with Gasteiger partial charge in [-0.15, -0.1) is 23.1 Å². The largest absolute Gasteiger partial charge is 0.490 e. The molecule has 1 aromatic carbocycles. The highest BCUT2D eigenvalue weighted by atomic mass is 32.2. The van der Waals surface area contributed by atoms with E-state index >= 15 is 0 Å². The Morgan fingerprint density at radius 3 is 2.35 bits per heavy atom. The van der Waals surface area contributed by atoms with Gasteiger partial charge in [-0.05, 0) is 64.2 Å². The van der Waals surface area contributed by atoms with Gasteiger partial charge in [-0.3, -0.25) is 0 Å². The second-order valence-electron chi connectivity index (χ2n) is 10.4. The summed E-state index contributed by atoms with van der Waals surface area (Å²) in [6, 6.07) is 7.22. The van der Waals surface area contributed by atoms with Crippen molar-refractivity contribution in [2.75, 3.05) is 6.61 Å². The highest BCUT2D eigenvalue weighted by Crippen LogP contribution is 2.45. The van der Waals surface area contributed by atoms with Crippen LogP contribution in [0.15, 0.2) is 41.8 Å². The third-order valence-corrected chi connectivity index (χ3v) is 14.6. The van der Waals surface area contributed by atoms with Crippen LogP contribution in [0.2, 0.25) is 32.7 Å². The molecule has 31 heavy (non-hydrogen) atoms. The Morgan fingerprint density at radius 2 is 1.71 bits per heavy atom. The number of allylic oxidation sites excluding steroid dienone is 2. The lowest BCUT2D eigenvalue weighted by Gasteiger charge is -2.33. The monoisotopic (exact) mass is 482 g/mol. The molecule has 0 bridgehead atoms. The first-order valence-corrected chi connectivity index (χ1v) is 19.2. The number of thioether (sulfide) groups is 1. The number of hydrogen-bond acceptors (Lipinski definition) is 3. The standard InChI is InChI=1S/C26H34OS2Si2/c1-10-11-27-23-21(30(5,6)7)12-16(2)13-22(23)31(8,9)26-24-19(14-17(3)28-24)20-15-18(4)29-25(20)26/h10,12-15,24H,1,11H2,2-9H3. The Hall–Kier alpha value is -1.28. The summed E-state index contributed by atoms with van der Waals surface area (Å²) in [6.45, 7) is 23.6. The van der Waals surface area contributed by atoms with Crippen LogP contribution < -0.4 is 24.9 Å². The van der Waals surface area contributed by atoms with Gasteiger partial charge < -0.3 is 4.74 Å². The predicted molar refractivity (Wildman–Crippen MR) is 147 cm³/mol. The molecule has 1 aromatic heterocycles. The van der Waals surface area contributed by atoms with Gasteiger partial charge in [0, 0.05) is 9.41 Å². The first-order chi connectivity index (χ1) is 14.4. The minimum atomic E-state index is -2.02. The summed E-state index contributed by atoms with van der Waals surface area (Å²) >= 11 is 4.04. The first-order valence-electron chi connectivity index (χ1n) is 11.0. The molecule has 0 amide bonds. The van der Waals surface area contributed by atoms with Crippen molar-refractivity contribution in [2.45, 2.75) is 58.8 Å². The van der Waals surface area contributed by atoms with E-state index in [9.17, 15) is 0 Å². The van der Waals surface area contributed by atoms with Crippen molar-refractivity contribution in [3.05, 3.63) is 62.0 Å². The Labute approximate surface area is 197 Å². The quantitative estimate of drug-likeness (QED) is 0.425. The SMILES string of the molecule is C=CCOc1c([Si](C)(C)C)cc(C)cc1[Si](C)(C)C1=c2sc(C)cc2=C2C=C(C)SC21. The van der Waals surface area contributed by atoms with Crippen molar-refractivity contribution in [2.24, 2.45) is 0 Å². The average Bonchev–Trinajstić information content (AvgIpc) is 3.28. The van der Waals surface area contributed by atoms with Crippen LogP contribution in [0.1, 0.15) is 17.4 Å². The molecule has 0 saturated heterocycles. The predicted octanol–water partition coefficient (Wildman–Crippen LogP) is 4.96. The van der Waals surface area contributed by atoms with Gasteiger partial charge in [-0.1, -0.05) is 63.1 Å². The van der Waals surface area contributed by atoms with E-state index in [-0.39, 0.29) is 0 Å². The molecule has 2 heterocycles. The zero-order valence-electron chi connectivity index (χ0n) is 20.1. The highest BCUT2D eigenvalue weighted by Gasteiger charge is 2.43. The van der Waals surface area contributed by atoms with E-state index in [2.05, 4.69) is 96.1 Å². The van der Waals surface area contributed by atoms with Gasteiger partial charge in [-0.25, -0.2) is 0 Å². The Morgan fingerprint density at radius 1 is 1.03 bits per heavy atom. The van der Waals surface area contributed by atoms with Crippen LogP contribution in [0.25, 0.3) is 10.8 Å². The third kappa shape index (κ3) is 3.88. The summed E-state index contributed by atoms with van der Waals surface area (Å²) in [7, 11) is -3.60. The maximum Gasteiger partial charge on any atom is 0.118 e. The first kappa shape index (κ1) is 22.9. The lowest BCUT2D eigenvalue weighted by Crippen LogP contribution is -2.52. The van der Waals surface area contributed by atoms with Crippen molar-refractivity contribution in [1.29, 1.82) is 0 Å². The van der Waals surface area contributed by atoms with Crippen LogP contribution in [0, 0.1) is 13.8 Å². The van der Waals surface area contributed by atoms with Gasteiger partial charge in [0.1, 0.15) is 20.4 Å². The molecule has 1 aliphatic carbocycles. The second kappa shape index (κ2) is 7.94. The molecule has 4 rings (SSSR count). The van der Waals surface area contributed by atoms with Gasteiger partial charge in [0.25, 0.3) is 0 Å². The zero-order valence-corrected chi connectivity index (χ0v) is 23.7. The number of benzene rings is 1. The molecular formula is C26H34OS2Si2. The van der Waals surface area contributed by atoms with Crippen molar-refractivity contribution >= 4 is 60.4 Å². The molecule has 2 aromatic rings. The summed E-state index contributed by atoms with van der Waals surface area (Å²) in [4.78, 5) is 2.85. The van der Waals surface area contributed by atoms with Crippen LogP contribution in [0.5, 0.6) is 5.75 Å². The van der Waals surface area contributed by atoms with Crippen LogP contribution in [-0.4, -0.2) is 28.0 Å². The van der Waals surface area contributed by atoms with E-state index in [1.165, 1.54) is 41.0 Å². The number of thiophene rings is 1. The summed E-state index contributed by atoms with van der Waals surface area (Å²) in [5, 5.41) is 6.56. The summed E-state index contributed by atoms with van der Waals surface area (Å²) in [5.74, 6) is 1.16. The van der Waals surface area contributed by atoms with E-state index in [0.29, 0.717) is 11.9 Å². The number of aryl methyl sites for hydroxylation is 2. The minimum Gasteiger partial charge on any atom is -0.490 e. The zero-order chi connectivity index (χ0) is 22.7. The number of fused-ring (bicyclic) bond motifs is 2. The minimum absolute atomic E-state index is 0.478. The van der Waals surface area contributed by atoms with Crippen molar-refractivity contribution in [3.8, 4) is 5.75 Å². The van der Waals surface area contributed by atoms with Gasteiger partial charge in [0.15, 0.2) is 0 Å². The lowest BCUT2D eigenvalue weighted by atomic mass is 10.2. The molecule has 2 aliphatic rings. The highest BCUT2D eigenvalue weighted by molar-refractivity contribution is 8.05. The molecule has 0 spiro atoms. The number of ether oxygens (including phenoxy) is 1. The fourth-order valence-corrected chi connectivity index (χ4v) is 13.9. The van der Waals surface area contributed by atoms with Crippen molar-refractivity contribution in [3.63, 3.8) is 0 Å². The molecule has 5 heteroatoms. The summed E-state index contributed by atoms with van der Waals surface area (Å²) < 4.78 is 8.02. The summed E-state index contributed by atoms with van der Waals surface area (Å²) in [5.41, 5.74) is 2.89. The van der Waals surface area contributed by atoms with E-state index in [0.717, 1.165) is 5.75 Å². The molecule has 0 saturated carbocycles. The average molecular weight is 483 g/mol. The molecule has 0 radical (unpaired) electrons.